The van der Waals surface area contributed by atoms with Crippen LogP contribution in [0.25, 0.3) is 10.9 Å². The van der Waals surface area contributed by atoms with Crippen LogP contribution in [-0.4, -0.2) is 49.1 Å². The van der Waals surface area contributed by atoms with Crippen molar-refractivity contribution in [3.8, 4) is 11.5 Å². The molecule has 2 aromatic rings. The molecule has 0 spiro atoms. The number of imide groups is 1. The van der Waals surface area contributed by atoms with Crippen LogP contribution >= 0.6 is 0 Å². The summed E-state index contributed by atoms with van der Waals surface area (Å²) in [5.41, 5.74) is 1.03. The van der Waals surface area contributed by atoms with Gasteiger partial charge in [0.2, 0.25) is 0 Å². The highest BCUT2D eigenvalue weighted by Gasteiger charge is 2.19. The van der Waals surface area contributed by atoms with Gasteiger partial charge in [0.15, 0.2) is 11.5 Å². The zero-order chi connectivity index (χ0) is 15.7. The number of hydrogen-bond donors (Lipinski definition) is 1. The van der Waals surface area contributed by atoms with E-state index in [9.17, 15) is 9.59 Å². The van der Waals surface area contributed by atoms with Crippen LogP contribution in [0.4, 0.5) is 4.79 Å². The Balaban J connectivity index is 1.99. The van der Waals surface area contributed by atoms with E-state index in [2.05, 4.69) is 10.3 Å². The number of hydrogen-bond acceptors (Lipinski definition) is 5. The van der Waals surface area contributed by atoms with Crippen molar-refractivity contribution in [2.24, 2.45) is 0 Å². The first-order valence-corrected chi connectivity index (χ1v) is 6.79. The van der Waals surface area contributed by atoms with Crippen LogP contribution in [0, 0.1) is 0 Å². The molecule has 3 amide bonds. The quantitative estimate of drug-likeness (QED) is 0.861. The molecule has 0 radical (unpaired) electrons. The second kappa shape index (κ2) is 5.51. The maximum absolute atomic E-state index is 12.2. The number of nitrogens with zero attached hydrogens (tertiary/aromatic N) is 2. The molecule has 0 unspecified atom stereocenters. The molecule has 114 valence electrons. The number of fused-ring (bicyclic) bond motifs is 2. The van der Waals surface area contributed by atoms with Gasteiger partial charge in [-0.2, -0.15) is 0 Å². The molecule has 3 rings (SSSR count). The number of urea groups is 1. The molecule has 0 aliphatic carbocycles. The van der Waals surface area contributed by atoms with Crippen molar-refractivity contribution in [2.45, 2.75) is 0 Å². The summed E-state index contributed by atoms with van der Waals surface area (Å²) in [5.74, 6) is 0.848. The lowest BCUT2D eigenvalue weighted by atomic mass is 10.1. The van der Waals surface area contributed by atoms with Gasteiger partial charge < -0.3 is 14.8 Å². The highest BCUT2D eigenvalue weighted by molar-refractivity contribution is 6.05. The van der Waals surface area contributed by atoms with Crippen molar-refractivity contribution >= 4 is 22.8 Å². The van der Waals surface area contributed by atoms with Crippen molar-refractivity contribution in [2.75, 3.05) is 27.3 Å². The van der Waals surface area contributed by atoms with Crippen LogP contribution in [-0.2, 0) is 0 Å². The van der Waals surface area contributed by atoms with Gasteiger partial charge in [-0.25, -0.2) is 4.79 Å². The number of nitrogens with one attached hydrogen (secondary N) is 1. The Morgan fingerprint density at radius 3 is 2.55 bits per heavy atom. The molecule has 1 aromatic carbocycles. The maximum atomic E-state index is 12.2. The Morgan fingerprint density at radius 1 is 1.18 bits per heavy atom. The summed E-state index contributed by atoms with van der Waals surface area (Å²) in [6.45, 7) is 0.996. The third kappa shape index (κ3) is 2.41. The van der Waals surface area contributed by atoms with Crippen LogP contribution in [0.3, 0.4) is 0 Å². The van der Waals surface area contributed by atoms with Gasteiger partial charge in [0.25, 0.3) is 5.91 Å². The van der Waals surface area contributed by atoms with Crippen LogP contribution in [0.5, 0.6) is 11.5 Å². The van der Waals surface area contributed by atoms with Crippen LogP contribution in [0.1, 0.15) is 10.4 Å². The van der Waals surface area contributed by atoms with E-state index >= 15 is 0 Å². The van der Waals surface area contributed by atoms with Crippen molar-refractivity contribution in [3.05, 3.63) is 30.0 Å². The van der Waals surface area contributed by atoms with E-state index in [1.54, 1.807) is 18.2 Å². The molecule has 0 saturated carbocycles. The monoisotopic (exact) mass is 301 g/mol. The summed E-state index contributed by atoms with van der Waals surface area (Å²) in [6, 6.07) is 4.77. The van der Waals surface area contributed by atoms with E-state index in [1.165, 1.54) is 20.3 Å². The number of amides is 3. The third-order valence-electron chi connectivity index (χ3n) is 3.42. The average Bonchev–Trinajstić information content (AvgIpc) is 2.57. The van der Waals surface area contributed by atoms with Crippen molar-refractivity contribution < 1.29 is 19.1 Å². The number of rotatable bonds is 1. The fourth-order valence-corrected chi connectivity index (χ4v) is 2.24. The maximum Gasteiger partial charge on any atom is 0.323 e. The SMILES string of the molecule is CNC(=O)N(C)C(=O)c1cnc2cc3c(cc2c1)OCCO3. The molecule has 0 saturated heterocycles. The lowest BCUT2D eigenvalue weighted by Gasteiger charge is -2.19. The van der Waals surface area contributed by atoms with Crippen LogP contribution in [0.2, 0.25) is 0 Å². The van der Waals surface area contributed by atoms with Crippen LogP contribution in [0.15, 0.2) is 24.4 Å². The number of carbonyl (C=O) groups is 2. The van der Waals surface area contributed by atoms with Gasteiger partial charge >= 0.3 is 6.03 Å². The second-order valence-corrected chi connectivity index (χ2v) is 4.83. The molecule has 7 nitrogen and oxygen atoms in total. The molecule has 22 heavy (non-hydrogen) atoms. The number of benzene rings is 1. The molecule has 0 fully saturated rings. The van der Waals surface area contributed by atoms with Gasteiger partial charge in [-0.1, -0.05) is 0 Å². The van der Waals surface area contributed by atoms with Gasteiger partial charge in [0.1, 0.15) is 13.2 Å². The molecule has 0 bridgehead atoms. The molecule has 1 N–H and O–H groups in total. The lowest BCUT2D eigenvalue weighted by Crippen LogP contribution is -2.39. The van der Waals surface area contributed by atoms with E-state index in [4.69, 9.17) is 9.47 Å². The number of carbonyl (C=O) groups excluding carboxylic acids is 2. The summed E-state index contributed by atoms with van der Waals surface area (Å²) in [6.07, 6.45) is 1.44. The largest absolute Gasteiger partial charge is 0.486 e. The normalized spacial score (nSPS) is 12.8. The van der Waals surface area contributed by atoms with E-state index in [0.29, 0.717) is 35.8 Å². The number of pyridine rings is 1. The summed E-state index contributed by atoms with van der Waals surface area (Å²) >= 11 is 0. The standard InChI is InChI=1S/C15H15N3O4/c1-16-15(20)18(2)14(19)10-5-9-6-12-13(22-4-3-21-12)7-11(9)17-8-10/h5-8H,3-4H2,1-2H3,(H,16,20). The molecule has 1 aromatic heterocycles. The average molecular weight is 301 g/mol. The predicted molar refractivity (Wildman–Crippen MR) is 79.3 cm³/mol. The summed E-state index contributed by atoms with van der Waals surface area (Å²) in [4.78, 5) is 29.0. The molecule has 2 heterocycles. The summed E-state index contributed by atoms with van der Waals surface area (Å²) < 4.78 is 11.0. The summed E-state index contributed by atoms with van der Waals surface area (Å²) in [7, 11) is 2.88. The minimum atomic E-state index is -0.479. The summed E-state index contributed by atoms with van der Waals surface area (Å²) in [5, 5.41) is 3.15. The Hall–Kier alpha value is -2.83. The highest BCUT2D eigenvalue weighted by atomic mass is 16.6. The van der Waals surface area contributed by atoms with Gasteiger partial charge in [-0.15, -0.1) is 0 Å². The zero-order valence-corrected chi connectivity index (χ0v) is 12.3. The zero-order valence-electron chi connectivity index (χ0n) is 12.3. The highest BCUT2D eigenvalue weighted by Crippen LogP contribution is 2.34. The Labute approximate surface area is 126 Å². The fraction of sp³-hybridized carbons (Fsp3) is 0.267. The molecule has 0 atom stereocenters. The van der Waals surface area contributed by atoms with Gasteiger partial charge in [0, 0.05) is 31.7 Å². The van der Waals surface area contributed by atoms with Crippen molar-refractivity contribution in [1.82, 2.24) is 15.2 Å². The van der Waals surface area contributed by atoms with Crippen LogP contribution < -0.4 is 14.8 Å². The number of ether oxygens (including phenoxy) is 2. The second-order valence-electron chi connectivity index (χ2n) is 4.83. The first kappa shape index (κ1) is 14.1. The number of aromatic nitrogens is 1. The van der Waals surface area contributed by atoms with E-state index < -0.39 is 11.9 Å². The van der Waals surface area contributed by atoms with E-state index in [0.717, 1.165) is 10.3 Å². The lowest BCUT2D eigenvalue weighted by molar-refractivity contribution is 0.0832. The van der Waals surface area contributed by atoms with E-state index in [1.807, 2.05) is 0 Å². The van der Waals surface area contributed by atoms with Gasteiger partial charge in [-0.05, 0) is 12.1 Å². The molecule has 7 heteroatoms. The smallest absolute Gasteiger partial charge is 0.323 e. The fourth-order valence-electron chi connectivity index (χ4n) is 2.24. The molecule has 1 aliphatic rings. The first-order chi connectivity index (χ1) is 10.6. The molecular formula is C15H15N3O4. The van der Waals surface area contributed by atoms with Crippen molar-refractivity contribution in [3.63, 3.8) is 0 Å². The van der Waals surface area contributed by atoms with Crippen molar-refractivity contribution in [1.29, 1.82) is 0 Å². The Morgan fingerprint density at radius 2 is 1.86 bits per heavy atom. The topological polar surface area (TPSA) is 80.8 Å². The predicted octanol–water partition coefficient (Wildman–Crippen LogP) is 1.42. The van der Waals surface area contributed by atoms with Gasteiger partial charge in [0.05, 0.1) is 11.1 Å². The minimum Gasteiger partial charge on any atom is -0.486 e. The molecule has 1 aliphatic heterocycles. The minimum absolute atomic E-state index is 0.329. The Bertz CT molecular complexity index is 760. The van der Waals surface area contributed by atoms with E-state index in [-0.39, 0.29) is 0 Å². The Kier molecular flexibility index (Phi) is 3.54. The first-order valence-electron chi connectivity index (χ1n) is 6.79. The molecular weight excluding hydrogens is 286 g/mol. The third-order valence-corrected chi connectivity index (χ3v) is 3.42. The van der Waals surface area contributed by atoms with Gasteiger partial charge in [-0.3, -0.25) is 14.7 Å².